The van der Waals surface area contributed by atoms with Crippen molar-refractivity contribution in [3.8, 4) is 11.1 Å². The SMILES string of the molecule is Cc1ccccc1-c1ccccc1N(C(C=O)CC(=O)O)S(=O)[O-]. The van der Waals surface area contributed by atoms with E-state index in [1.165, 1.54) is 0 Å². The highest BCUT2D eigenvalue weighted by Gasteiger charge is 2.25. The summed E-state index contributed by atoms with van der Waals surface area (Å²) in [4.78, 5) is 22.2. The number of para-hydroxylation sites is 1. The van der Waals surface area contributed by atoms with Gasteiger partial charge in [0, 0.05) is 16.8 Å². The number of benzene rings is 2. The van der Waals surface area contributed by atoms with Crippen molar-refractivity contribution in [1.29, 1.82) is 0 Å². The molecule has 2 aromatic rings. The van der Waals surface area contributed by atoms with Crippen molar-refractivity contribution < 1.29 is 23.5 Å². The molecule has 0 aliphatic rings. The molecule has 2 rings (SSSR count). The third kappa shape index (κ3) is 3.87. The maximum atomic E-state index is 11.7. The lowest BCUT2D eigenvalue weighted by Crippen LogP contribution is -2.39. The molecule has 0 spiro atoms. The van der Waals surface area contributed by atoms with Crippen LogP contribution in [0.4, 0.5) is 5.69 Å². The number of carbonyl (C=O) groups excluding carboxylic acids is 1. The van der Waals surface area contributed by atoms with Crippen LogP contribution >= 0.6 is 0 Å². The molecule has 2 unspecified atom stereocenters. The summed E-state index contributed by atoms with van der Waals surface area (Å²) in [6.45, 7) is 1.89. The molecule has 24 heavy (non-hydrogen) atoms. The second kappa shape index (κ2) is 7.85. The number of anilines is 1. The van der Waals surface area contributed by atoms with Crippen LogP contribution in [0.5, 0.6) is 0 Å². The predicted molar refractivity (Wildman–Crippen MR) is 90.1 cm³/mol. The summed E-state index contributed by atoms with van der Waals surface area (Å²) in [7, 11) is 0. The molecule has 0 aromatic heterocycles. The quantitative estimate of drug-likeness (QED) is 0.613. The zero-order valence-corrected chi connectivity index (χ0v) is 13.7. The van der Waals surface area contributed by atoms with E-state index >= 15 is 0 Å². The van der Waals surface area contributed by atoms with Crippen LogP contribution < -0.4 is 4.31 Å². The van der Waals surface area contributed by atoms with Gasteiger partial charge in [0.05, 0.1) is 12.1 Å². The normalized spacial score (nSPS) is 13.1. The van der Waals surface area contributed by atoms with Crippen molar-refractivity contribution in [3.63, 3.8) is 0 Å². The fourth-order valence-electron chi connectivity index (χ4n) is 2.50. The van der Waals surface area contributed by atoms with Gasteiger partial charge in [0.2, 0.25) is 0 Å². The molecule has 7 heteroatoms. The molecule has 126 valence electrons. The predicted octanol–water partition coefficient (Wildman–Crippen LogP) is 2.30. The van der Waals surface area contributed by atoms with Crippen LogP contribution in [-0.2, 0) is 20.9 Å². The number of hydrogen-bond donors (Lipinski definition) is 1. The first kappa shape index (κ1) is 17.8. The Morgan fingerprint density at radius 1 is 1.21 bits per heavy atom. The summed E-state index contributed by atoms with van der Waals surface area (Å²) in [6.07, 6.45) is -0.280. The fourth-order valence-corrected chi connectivity index (χ4v) is 3.17. The number of nitrogens with zero attached hydrogens (tertiary/aromatic N) is 1. The minimum Gasteiger partial charge on any atom is -0.755 e. The van der Waals surface area contributed by atoms with Crippen molar-refractivity contribution >= 4 is 29.2 Å². The van der Waals surface area contributed by atoms with Gasteiger partial charge in [-0.2, -0.15) is 0 Å². The Morgan fingerprint density at radius 3 is 2.33 bits per heavy atom. The van der Waals surface area contributed by atoms with Gasteiger partial charge in [0.25, 0.3) is 0 Å². The second-order valence-corrected chi connectivity index (χ2v) is 6.00. The van der Waals surface area contributed by atoms with Crippen molar-refractivity contribution in [2.45, 2.75) is 19.4 Å². The third-order valence-corrected chi connectivity index (χ3v) is 4.37. The van der Waals surface area contributed by atoms with Gasteiger partial charge in [0.15, 0.2) is 0 Å². The van der Waals surface area contributed by atoms with Gasteiger partial charge in [-0.05, 0) is 24.1 Å². The Bertz CT molecular complexity index is 777. The van der Waals surface area contributed by atoms with Crippen molar-refractivity contribution in [2.75, 3.05) is 4.31 Å². The molecule has 2 aromatic carbocycles. The highest BCUT2D eigenvalue weighted by atomic mass is 32.2. The van der Waals surface area contributed by atoms with E-state index in [1.54, 1.807) is 24.3 Å². The van der Waals surface area contributed by atoms with Crippen LogP contribution in [0, 0.1) is 6.92 Å². The molecular weight excluding hydrogens is 330 g/mol. The van der Waals surface area contributed by atoms with E-state index < -0.39 is 29.7 Å². The molecule has 1 N–H and O–H groups in total. The molecular formula is C17H16NO5S-. The van der Waals surface area contributed by atoms with E-state index in [1.807, 2.05) is 31.2 Å². The van der Waals surface area contributed by atoms with Crippen LogP contribution in [0.25, 0.3) is 11.1 Å². The van der Waals surface area contributed by atoms with E-state index in [0.29, 0.717) is 11.8 Å². The van der Waals surface area contributed by atoms with Crippen LogP contribution in [0.15, 0.2) is 48.5 Å². The van der Waals surface area contributed by atoms with Gasteiger partial charge >= 0.3 is 5.97 Å². The number of aliphatic carboxylic acids is 1. The summed E-state index contributed by atoms with van der Waals surface area (Å²) in [5.74, 6) is -1.25. The maximum Gasteiger partial charge on any atom is 0.305 e. The number of aryl methyl sites for hydroxylation is 1. The average Bonchev–Trinajstić information content (AvgIpc) is 2.54. The molecule has 0 heterocycles. The Hall–Kier alpha value is -2.51. The zero-order valence-electron chi connectivity index (χ0n) is 12.9. The number of carboxylic acid groups (broad SMARTS) is 1. The fraction of sp³-hybridized carbons (Fsp3) is 0.176. The molecule has 0 aliphatic heterocycles. The molecule has 2 atom stereocenters. The van der Waals surface area contributed by atoms with Gasteiger partial charge in [-0.1, -0.05) is 42.5 Å². The van der Waals surface area contributed by atoms with Crippen molar-refractivity contribution in [1.82, 2.24) is 0 Å². The van der Waals surface area contributed by atoms with Crippen molar-refractivity contribution in [3.05, 3.63) is 54.1 Å². The van der Waals surface area contributed by atoms with Crippen LogP contribution in [0.2, 0.25) is 0 Å². The Labute approximate surface area is 142 Å². The molecule has 0 saturated heterocycles. The number of carboxylic acids is 1. The minimum absolute atomic E-state index is 0.262. The third-order valence-electron chi connectivity index (χ3n) is 3.58. The van der Waals surface area contributed by atoms with Gasteiger partial charge in [-0.3, -0.25) is 13.3 Å². The molecule has 0 radical (unpaired) electrons. The Morgan fingerprint density at radius 2 is 1.79 bits per heavy atom. The summed E-state index contributed by atoms with van der Waals surface area (Å²) < 4.78 is 24.3. The number of hydrogen-bond acceptors (Lipinski definition) is 4. The van der Waals surface area contributed by atoms with Gasteiger partial charge in [-0.25, -0.2) is 0 Å². The lowest BCUT2D eigenvalue weighted by molar-refractivity contribution is -0.138. The number of aldehydes is 1. The molecule has 6 nitrogen and oxygen atoms in total. The average molecular weight is 346 g/mol. The lowest BCUT2D eigenvalue weighted by Gasteiger charge is -2.32. The number of carbonyl (C=O) groups is 2. The summed E-state index contributed by atoms with van der Waals surface area (Å²) in [5.41, 5.74) is 2.61. The van der Waals surface area contributed by atoms with Crippen LogP contribution in [0.1, 0.15) is 12.0 Å². The van der Waals surface area contributed by atoms with Crippen molar-refractivity contribution in [2.24, 2.45) is 0 Å². The smallest absolute Gasteiger partial charge is 0.305 e. The Kier molecular flexibility index (Phi) is 5.83. The van der Waals surface area contributed by atoms with Gasteiger partial charge in [-0.15, -0.1) is 0 Å². The van der Waals surface area contributed by atoms with E-state index in [0.717, 1.165) is 15.4 Å². The molecule has 0 bridgehead atoms. The molecule has 0 amide bonds. The maximum absolute atomic E-state index is 11.7. The first-order chi connectivity index (χ1) is 11.5. The lowest BCUT2D eigenvalue weighted by atomic mass is 9.98. The molecule has 0 aliphatic carbocycles. The standard InChI is InChI=1S/C17H17NO5S/c1-12-6-2-3-7-14(12)15-8-4-5-9-16(15)18(24(22)23)13(11-19)10-17(20)21/h2-9,11,13H,10H2,1H3,(H,20,21)(H,22,23)/p-1. The van der Waals surface area contributed by atoms with Gasteiger partial charge in [0.1, 0.15) is 12.3 Å². The highest BCUT2D eigenvalue weighted by Crippen LogP contribution is 2.34. The topological polar surface area (TPSA) is 97.7 Å². The second-order valence-electron chi connectivity index (χ2n) is 5.18. The van der Waals surface area contributed by atoms with E-state index in [9.17, 15) is 18.4 Å². The van der Waals surface area contributed by atoms with Crippen LogP contribution in [0.3, 0.4) is 0 Å². The summed E-state index contributed by atoms with van der Waals surface area (Å²) in [5, 5.41) is 8.94. The van der Waals surface area contributed by atoms with Crippen LogP contribution in [-0.4, -0.2) is 32.2 Å². The minimum atomic E-state index is -2.80. The van der Waals surface area contributed by atoms with E-state index in [-0.39, 0.29) is 5.69 Å². The zero-order chi connectivity index (χ0) is 17.7. The summed E-state index contributed by atoms with van der Waals surface area (Å²) in [6, 6.07) is 12.8. The molecule has 0 fully saturated rings. The first-order valence-electron chi connectivity index (χ1n) is 7.16. The monoisotopic (exact) mass is 346 g/mol. The molecule has 0 saturated carbocycles. The van der Waals surface area contributed by atoms with E-state index in [4.69, 9.17) is 5.11 Å². The largest absolute Gasteiger partial charge is 0.755 e. The Balaban J connectivity index is 2.60. The highest BCUT2D eigenvalue weighted by molar-refractivity contribution is 7.80. The number of rotatable bonds is 7. The van der Waals surface area contributed by atoms with Gasteiger partial charge < -0.3 is 14.5 Å². The first-order valence-corrected chi connectivity index (χ1v) is 8.19. The van der Waals surface area contributed by atoms with E-state index in [2.05, 4.69) is 0 Å². The summed E-state index contributed by atoms with van der Waals surface area (Å²) >= 11 is -2.80.